The topological polar surface area (TPSA) is 80.2 Å². The average Bonchev–Trinajstić information content (AvgIpc) is 3.62. The number of methoxy groups -OCH3 is 1. The van der Waals surface area contributed by atoms with Crippen molar-refractivity contribution < 1.29 is 16.4 Å². The van der Waals surface area contributed by atoms with Crippen LogP contribution in [0.3, 0.4) is 0 Å². The lowest BCUT2D eigenvalue weighted by molar-refractivity contribution is -0.117. The van der Waals surface area contributed by atoms with Gasteiger partial charge in [0.05, 0.1) is 7.11 Å². The Bertz CT molecular complexity index is 1170. The lowest BCUT2D eigenvalue weighted by atomic mass is 10.2. The summed E-state index contributed by atoms with van der Waals surface area (Å²) in [6.07, 6.45) is 3.15. The van der Waals surface area contributed by atoms with Gasteiger partial charge in [0, 0.05) is 37.4 Å². The Morgan fingerprint density at radius 2 is 2.14 bits per heavy atom. The highest BCUT2D eigenvalue weighted by Gasteiger charge is 2.30. The summed E-state index contributed by atoms with van der Waals surface area (Å²) in [7, 11) is 1.54. The van der Waals surface area contributed by atoms with Gasteiger partial charge in [-0.3, -0.25) is 4.79 Å². The summed E-state index contributed by atoms with van der Waals surface area (Å²) < 4.78 is 45.4. The van der Waals surface area contributed by atoms with E-state index in [0.717, 1.165) is 17.7 Å². The lowest BCUT2D eigenvalue weighted by Gasteiger charge is -2.23. The van der Waals surface area contributed by atoms with Crippen LogP contribution in [0.4, 0.5) is 11.6 Å². The van der Waals surface area contributed by atoms with Gasteiger partial charge in [0.25, 0.3) is 0 Å². The van der Waals surface area contributed by atoms with Crippen LogP contribution in [-0.4, -0.2) is 34.7 Å². The minimum absolute atomic E-state index is 0.00187. The van der Waals surface area contributed by atoms with Gasteiger partial charge in [0.15, 0.2) is 11.6 Å². The molecule has 0 spiro atoms. The van der Waals surface area contributed by atoms with Crippen LogP contribution in [0.15, 0.2) is 42.6 Å². The maximum Gasteiger partial charge on any atom is 0.228 e. The highest BCUT2D eigenvalue weighted by atomic mass is 16.5. The van der Waals surface area contributed by atoms with Crippen LogP contribution in [-0.2, 0) is 11.3 Å². The van der Waals surface area contributed by atoms with Crippen molar-refractivity contribution in [1.82, 2.24) is 15.2 Å². The molecular formula is C21H23N5O2. The fourth-order valence-corrected chi connectivity index (χ4v) is 2.87. The molecule has 0 unspecified atom stereocenters. The third-order valence-corrected chi connectivity index (χ3v) is 4.58. The lowest BCUT2D eigenvalue weighted by Crippen LogP contribution is -2.23. The molecule has 1 N–H and O–H groups in total. The molecule has 0 saturated heterocycles. The first-order valence-electron chi connectivity index (χ1n) is 11.4. The van der Waals surface area contributed by atoms with E-state index >= 15 is 0 Å². The number of ether oxygens (including phenoxy) is 1. The Hall–Kier alpha value is -3.22. The number of anilines is 2. The fourth-order valence-electron chi connectivity index (χ4n) is 2.87. The monoisotopic (exact) mass is 382 g/mol. The first kappa shape index (κ1) is 13.0. The van der Waals surface area contributed by atoms with E-state index in [0.29, 0.717) is 16.7 Å². The van der Waals surface area contributed by atoms with E-state index in [2.05, 4.69) is 20.5 Å². The Morgan fingerprint density at radius 1 is 1.32 bits per heavy atom. The summed E-state index contributed by atoms with van der Waals surface area (Å²) in [4.78, 5) is 17.4. The number of carbonyl (C=O) groups excluding carboxylic acids is 1. The molecule has 1 aromatic carbocycles. The van der Waals surface area contributed by atoms with Crippen molar-refractivity contribution in [3.8, 4) is 5.75 Å². The molecule has 2 aromatic heterocycles. The molecule has 0 atom stereocenters. The van der Waals surface area contributed by atoms with Crippen LogP contribution in [0.2, 0.25) is 0 Å². The van der Waals surface area contributed by atoms with E-state index < -0.39 is 13.3 Å². The second-order valence-electron chi connectivity index (χ2n) is 6.61. The van der Waals surface area contributed by atoms with Crippen LogP contribution >= 0.6 is 0 Å². The highest BCUT2D eigenvalue weighted by Crippen LogP contribution is 2.30. The van der Waals surface area contributed by atoms with Crippen molar-refractivity contribution in [2.75, 3.05) is 23.8 Å². The van der Waals surface area contributed by atoms with E-state index in [4.69, 9.17) is 11.6 Å². The molecule has 0 radical (unpaired) electrons. The van der Waals surface area contributed by atoms with Gasteiger partial charge in [-0.05, 0) is 49.5 Å². The quantitative estimate of drug-likeness (QED) is 0.674. The van der Waals surface area contributed by atoms with Crippen LogP contribution in [0.5, 0.6) is 5.75 Å². The molecule has 7 heteroatoms. The molecule has 0 aliphatic heterocycles. The second-order valence-corrected chi connectivity index (χ2v) is 6.61. The Labute approximate surface area is 170 Å². The first-order chi connectivity index (χ1) is 15.6. The number of carbonyl (C=O) groups is 1. The van der Waals surface area contributed by atoms with Crippen molar-refractivity contribution in [3.63, 3.8) is 0 Å². The van der Waals surface area contributed by atoms with Crippen LogP contribution in [0.1, 0.15) is 32.1 Å². The zero-order chi connectivity index (χ0) is 23.8. The predicted molar refractivity (Wildman–Crippen MR) is 108 cm³/mol. The molecule has 1 aliphatic carbocycles. The fraction of sp³-hybridized carbons (Fsp3) is 0.333. The normalized spacial score (nSPS) is 17.0. The minimum Gasteiger partial charge on any atom is -0.497 e. The van der Waals surface area contributed by atoms with E-state index in [-0.39, 0.29) is 35.5 Å². The third kappa shape index (κ3) is 3.88. The van der Waals surface area contributed by atoms with Gasteiger partial charge in [-0.2, -0.15) is 0 Å². The molecular weight excluding hydrogens is 354 g/mol. The molecule has 1 aliphatic rings. The summed E-state index contributed by atoms with van der Waals surface area (Å²) in [5.41, 5.74) is 0.882. The third-order valence-electron chi connectivity index (χ3n) is 4.58. The van der Waals surface area contributed by atoms with Gasteiger partial charge in [0.1, 0.15) is 11.3 Å². The number of benzene rings is 1. The number of aromatic nitrogens is 3. The van der Waals surface area contributed by atoms with Crippen LogP contribution in [0, 0.1) is 5.92 Å². The summed E-state index contributed by atoms with van der Waals surface area (Å²) in [6, 6.07) is 10.1. The maximum atomic E-state index is 12.1. The van der Waals surface area contributed by atoms with Gasteiger partial charge in [-0.1, -0.05) is 12.1 Å². The smallest absolute Gasteiger partial charge is 0.228 e. The average molecular weight is 382 g/mol. The number of hydrogen-bond donors (Lipinski definition) is 1. The Balaban J connectivity index is 1.74. The molecule has 1 amide bonds. The van der Waals surface area contributed by atoms with Gasteiger partial charge < -0.3 is 15.0 Å². The van der Waals surface area contributed by atoms with Crippen LogP contribution in [0.25, 0.3) is 10.9 Å². The van der Waals surface area contributed by atoms with Gasteiger partial charge in [0.2, 0.25) is 5.91 Å². The number of amides is 1. The summed E-state index contributed by atoms with van der Waals surface area (Å²) in [6.45, 7) is -5.80. The van der Waals surface area contributed by atoms with Crippen molar-refractivity contribution in [2.45, 2.75) is 26.2 Å². The zero-order valence-electron chi connectivity index (χ0n) is 20.3. The highest BCUT2D eigenvalue weighted by molar-refractivity contribution is 5.96. The molecule has 1 fully saturated rings. The molecule has 28 heavy (non-hydrogen) atoms. The minimum atomic E-state index is -2.96. The number of nitrogens with one attached hydrogen (secondary N) is 1. The SMILES string of the molecule is [2H]C([2H])([2H])C([2H])([2H])N(Cc1ccc(OC)cc1)c1nccc2cc(NC(=O)C3CC3)nnc12. The number of fused-ring (bicyclic) bond motifs is 1. The number of hydrogen-bond acceptors (Lipinski definition) is 6. The molecule has 7 nitrogen and oxygen atoms in total. The van der Waals surface area contributed by atoms with Gasteiger partial charge >= 0.3 is 0 Å². The number of nitrogens with zero attached hydrogens (tertiary/aromatic N) is 4. The van der Waals surface area contributed by atoms with E-state index in [1.54, 1.807) is 36.4 Å². The standard InChI is InChI=1S/C21H23N5O2/c1-3-26(13-14-4-8-17(28-2)9-5-14)20-19-16(10-11-22-20)12-18(24-25-19)23-21(27)15-6-7-15/h4-5,8-12,15H,3,6-7,13H2,1-2H3,(H,23,24,27)/i1D3,3D2. The number of rotatable bonds is 7. The van der Waals surface area contributed by atoms with Crippen molar-refractivity contribution in [3.05, 3.63) is 48.2 Å². The van der Waals surface area contributed by atoms with Crippen molar-refractivity contribution in [1.29, 1.82) is 0 Å². The summed E-state index contributed by atoms with van der Waals surface area (Å²) in [5, 5.41) is 11.5. The Kier molecular flexibility index (Phi) is 3.63. The molecule has 3 aromatic rings. The molecule has 0 bridgehead atoms. The van der Waals surface area contributed by atoms with Crippen LogP contribution < -0.4 is 15.0 Å². The molecule has 144 valence electrons. The van der Waals surface area contributed by atoms with Crippen molar-refractivity contribution in [2.24, 2.45) is 5.92 Å². The zero-order valence-corrected chi connectivity index (χ0v) is 15.3. The number of pyridine rings is 1. The molecule has 4 rings (SSSR count). The summed E-state index contributed by atoms with van der Waals surface area (Å²) in [5.74, 6) is 0.827. The van der Waals surface area contributed by atoms with Gasteiger partial charge in [-0.25, -0.2) is 4.98 Å². The predicted octanol–water partition coefficient (Wildman–Crippen LogP) is 3.41. The summed E-state index contributed by atoms with van der Waals surface area (Å²) >= 11 is 0. The first-order valence-corrected chi connectivity index (χ1v) is 8.94. The maximum absolute atomic E-state index is 12.1. The Morgan fingerprint density at radius 3 is 2.86 bits per heavy atom. The molecule has 1 saturated carbocycles. The largest absolute Gasteiger partial charge is 0.497 e. The molecule has 2 heterocycles. The van der Waals surface area contributed by atoms with Gasteiger partial charge in [-0.15, -0.1) is 10.2 Å². The van der Waals surface area contributed by atoms with E-state index in [1.165, 1.54) is 13.3 Å². The van der Waals surface area contributed by atoms with E-state index in [9.17, 15) is 4.79 Å². The van der Waals surface area contributed by atoms with Crippen molar-refractivity contribution >= 4 is 28.4 Å². The van der Waals surface area contributed by atoms with E-state index in [1.807, 2.05) is 0 Å². The second kappa shape index (κ2) is 7.80.